The van der Waals surface area contributed by atoms with E-state index in [4.69, 9.17) is 4.74 Å². The Hall–Kier alpha value is -1.57. The number of benzene rings is 1. The summed E-state index contributed by atoms with van der Waals surface area (Å²) in [6.07, 6.45) is 2.81. The first-order chi connectivity index (χ1) is 9.40. The molecule has 0 bridgehead atoms. The lowest BCUT2D eigenvalue weighted by Gasteiger charge is -2.31. The molecule has 1 unspecified atom stereocenters. The highest BCUT2D eigenvalue weighted by Gasteiger charge is 2.38. The summed E-state index contributed by atoms with van der Waals surface area (Å²) < 4.78 is 5.53. The number of hydrogen-bond acceptors (Lipinski definition) is 2. The SMILES string of the molecule is C/C=C(\C)CC(C)(C(=O)OCc1ccccc1)C(C)C. The molecular weight excluding hydrogens is 248 g/mol. The van der Waals surface area contributed by atoms with Crippen LogP contribution in [0.4, 0.5) is 0 Å². The maximum Gasteiger partial charge on any atom is 0.312 e. The lowest BCUT2D eigenvalue weighted by atomic mass is 9.74. The van der Waals surface area contributed by atoms with Crippen LogP contribution in [0.3, 0.4) is 0 Å². The second-order valence-electron chi connectivity index (χ2n) is 5.95. The fourth-order valence-electron chi connectivity index (χ4n) is 2.08. The van der Waals surface area contributed by atoms with E-state index in [0.29, 0.717) is 6.61 Å². The molecule has 0 aliphatic heterocycles. The molecule has 2 nitrogen and oxygen atoms in total. The second kappa shape index (κ2) is 7.28. The molecule has 0 aliphatic rings. The van der Waals surface area contributed by atoms with Gasteiger partial charge in [0.25, 0.3) is 0 Å². The average Bonchev–Trinajstić information content (AvgIpc) is 2.45. The summed E-state index contributed by atoms with van der Waals surface area (Å²) in [5.41, 5.74) is 1.78. The molecule has 0 amide bonds. The predicted molar refractivity (Wildman–Crippen MR) is 83.2 cm³/mol. The largest absolute Gasteiger partial charge is 0.460 e. The Balaban J connectivity index is 2.74. The molecule has 20 heavy (non-hydrogen) atoms. The van der Waals surface area contributed by atoms with E-state index in [0.717, 1.165) is 12.0 Å². The van der Waals surface area contributed by atoms with E-state index in [9.17, 15) is 4.79 Å². The minimum Gasteiger partial charge on any atom is -0.460 e. The van der Waals surface area contributed by atoms with Gasteiger partial charge in [-0.3, -0.25) is 4.79 Å². The van der Waals surface area contributed by atoms with Gasteiger partial charge in [-0.2, -0.15) is 0 Å². The molecule has 2 heteroatoms. The van der Waals surface area contributed by atoms with Crippen molar-refractivity contribution in [3.63, 3.8) is 0 Å². The topological polar surface area (TPSA) is 26.3 Å². The number of carbonyl (C=O) groups excluding carboxylic acids is 1. The Morgan fingerprint density at radius 3 is 2.40 bits per heavy atom. The van der Waals surface area contributed by atoms with Crippen LogP contribution >= 0.6 is 0 Å². The maximum atomic E-state index is 12.5. The van der Waals surface area contributed by atoms with Gasteiger partial charge in [0.2, 0.25) is 0 Å². The minimum atomic E-state index is -0.467. The Morgan fingerprint density at radius 1 is 1.30 bits per heavy atom. The van der Waals surface area contributed by atoms with Gasteiger partial charge in [-0.1, -0.05) is 55.8 Å². The van der Waals surface area contributed by atoms with E-state index in [1.807, 2.05) is 44.2 Å². The molecule has 1 rings (SSSR count). The fraction of sp³-hybridized carbons (Fsp3) is 0.500. The van der Waals surface area contributed by atoms with Crippen molar-refractivity contribution >= 4 is 5.97 Å². The lowest BCUT2D eigenvalue weighted by Crippen LogP contribution is -2.35. The van der Waals surface area contributed by atoms with E-state index >= 15 is 0 Å². The van der Waals surface area contributed by atoms with Crippen LogP contribution in [-0.4, -0.2) is 5.97 Å². The Kier molecular flexibility index (Phi) is 6.00. The molecule has 0 saturated carbocycles. The van der Waals surface area contributed by atoms with Crippen LogP contribution in [-0.2, 0) is 16.1 Å². The first-order valence-corrected chi connectivity index (χ1v) is 7.23. The Labute approximate surface area is 122 Å². The molecule has 0 fully saturated rings. The van der Waals surface area contributed by atoms with E-state index in [2.05, 4.69) is 26.8 Å². The Morgan fingerprint density at radius 2 is 1.90 bits per heavy atom. The monoisotopic (exact) mass is 274 g/mol. The zero-order valence-electron chi connectivity index (χ0n) is 13.3. The van der Waals surface area contributed by atoms with Crippen LogP contribution in [0.2, 0.25) is 0 Å². The summed E-state index contributed by atoms with van der Waals surface area (Å²) in [5.74, 6) is 0.123. The highest BCUT2D eigenvalue weighted by Crippen LogP contribution is 2.35. The molecule has 1 aromatic carbocycles. The molecule has 1 aromatic rings. The Bertz CT molecular complexity index is 460. The van der Waals surface area contributed by atoms with Gasteiger partial charge in [0.15, 0.2) is 0 Å². The number of rotatable bonds is 6. The van der Waals surface area contributed by atoms with Crippen LogP contribution in [0.1, 0.15) is 46.6 Å². The quantitative estimate of drug-likeness (QED) is 0.553. The molecule has 0 saturated heterocycles. The van der Waals surface area contributed by atoms with Crippen LogP contribution in [0.15, 0.2) is 42.0 Å². The normalized spacial score (nSPS) is 15.0. The van der Waals surface area contributed by atoms with Crippen molar-refractivity contribution in [1.29, 1.82) is 0 Å². The summed E-state index contributed by atoms with van der Waals surface area (Å²) in [5, 5.41) is 0. The number of esters is 1. The molecule has 0 radical (unpaired) electrons. The highest BCUT2D eigenvalue weighted by molar-refractivity contribution is 5.77. The van der Waals surface area contributed by atoms with Crippen LogP contribution in [0.5, 0.6) is 0 Å². The first kappa shape index (κ1) is 16.5. The van der Waals surface area contributed by atoms with Crippen LogP contribution in [0, 0.1) is 11.3 Å². The number of ether oxygens (including phenoxy) is 1. The van der Waals surface area contributed by atoms with Gasteiger partial charge in [0.05, 0.1) is 5.41 Å². The fourth-order valence-corrected chi connectivity index (χ4v) is 2.08. The minimum absolute atomic E-state index is 0.113. The number of allylic oxidation sites excluding steroid dienone is 2. The van der Waals surface area contributed by atoms with Crippen molar-refractivity contribution in [2.75, 3.05) is 0 Å². The molecule has 0 spiro atoms. The lowest BCUT2D eigenvalue weighted by molar-refractivity contribution is -0.159. The van der Waals surface area contributed by atoms with E-state index in [1.165, 1.54) is 5.57 Å². The third kappa shape index (κ3) is 4.22. The van der Waals surface area contributed by atoms with Crippen LogP contribution in [0.25, 0.3) is 0 Å². The molecule has 0 N–H and O–H groups in total. The number of carbonyl (C=O) groups is 1. The van der Waals surface area contributed by atoms with Gasteiger partial charge in [0, 0.05) is 0 Å². The van der Waals surface area contributed by atoms with Gasteiger partial charge in [-0.05, 0) is 38.7 Å². The standard InChI is InChI=1S/C18H26O2/c1-6-15(4)12-18(5,14(2)3)17(19)20-13-16-10-8-7-9-11-16/h6-11,14H,12-13H2,1-5H3/b15-6+. The first-order valence-electron chi connectivity index (χ1n) is 7.23. The summed E-state index contributed by atoms with van der Waals surface area (Å²) in [6.45, 7) is 10.6. The van der Waals surface area contributed by atoms with Gasteiger partial charge in [-0.25, -0.2) is 0 Å². The summed E-state index contributed by atoms with van der Waals surface area (Å²) in [7, 11) is 0. The van der Waals surface area contributed by atoms with Gasteiger partial charge in [0.1, 0.15) is 6.61 Å². The maximum absolute atomic E-state index is 12.5. The van der Waals surface area contributed by atoms with Gasteiger partial charge < -0.3 is 4.74 Å². The van der Waals surface area contributed by atoms with Crippen molar-refractivity contribution in [1.82, 2.24) is 0 Å². The third-order valence-corrected chi connectivity index (χ3v) is 4.09. The predicted octanol–water partition coefficient (Wildman–Crippen LogP) is 4.75. The van der Waals surface area contributed by atoms with E-state index < -0.39 is 5.41 Å². The van der Waals surface area contributed by atoms with Gasteiger partial charge >= 0.3 is 5.97 Å². The summed E-state index contributed by atoms with van der Waals surface area (Å²) >= 11 is 0. The zero-order chi connectivity index (χ0) is 15.2. The third-order valence-electron chi connectivity index (χ3n) is 4.09. The molecule has 1 atom stereocenters. The van der Waals surface area contributed by atoms with Crippen molar-refractivity contribution < 1.29 is 9.53 Å². The highest BCUT2D eigenvalue weighted by atomic mass is 16.5. The van der Waals surface area contributed by atoms with Crippen molar-refractivity contribution in [2.24, 2.45) is 11.3 Å². The van der Waals surface area contributed by atoms with Crippen molar-refractivity contribution in [3.05, 3.63) is 47.5 Å². The van der Waals surface area contributed by atoms with Gasteiger partial charge in [-0.15, -0.1) is 0 Å². The molecule has 110 valence electrons. The van der Waals surface area contributed by atoms with E-state index in [1.54, 1.807) is 0 Å². The zero-order valence-corrected chi connectivity index (χ0v) is 13.3. The van der Waals surface area contributed by atoms with Crippen molar-refractivity contribution in [2.45, 2.75) is 47.6 Å². The molecule has 0 aromatic heterocycles. The summed E-state index contributed by atoms with van der Waals surface area (Å²) in [4.78, 5) is 12.5. The van der Waals surface area contributed by atoms with E-state index in [-0.39, 0.29) is 11.9 Å². The molecule has 0 heterocycles. The van der Waals surface area contributed by atoms with Crippen molar-refractivity contribution in [3.8, 4) is 0 Å². The number of hydrogen-bond donors (Lipinski definition) is 0. The smallest absolute Gasteiger partial charge is 0.312 e. The van der Waals surface area contributed by atoms with Crippen LogP contribution < -0.4 is 0 Å². The summed E-state index contributed by atoms with van der Waals surface area (Å²) in [6, 6.07) is 9.80. The second-order valence-corrected chi connectivity index (χ2v) is 5.95. The average molecular weight is 274 g/mol. The molecule has 0 aliphatic carbocycles. The molecular formula is C18H26O2.